The molecule has 3 heteroatoms. The van der Waals surface area contributed by atoms with Gasteiger partial charge in [0.1, 0.15) is 0 Å². The summed E-state index contributed by atoms with van der Waals surface area (Å²) in [5.74, 6) is 0.690. The topological polar surface area (TPSA) is 0 Å². The fourth-order valence-electron chi connectivity index (χ4n) is 1.06. The van der Waals surface area contributed by atoms with Gasteiger partial charge in [0.25, 0.3) is 0 Å². The normalized spacial score (nSPS) is 21.4. The molecular formula is C8H12Cl2Ti. The van der Waals surface area contributed by atoms with Gasteiger partial charge in [0.2, 0.25) is 0 Å². The third-order valence-corrected chi connectivity index (χ3v) is 1.69. The zero-order valence-electron chi connectivity index (χ0n) is 6.99. The van der Waals surface area contributed by atoms with Crippen LogP contribution in [0.4, 0.5) is 0 Å². The first-order valence-corrected chi connectivity index (χ1v) is 7.74. The van der Waals surface area contributed by atoms with E-state index in [0.29, 0.717) is 5.92 Å². The van der Waals surface area contributed by atoms with Crippen LogP contribution in [-0.4, -0.2) is 0 Å². The van der Waals surface area contributed by atoms with Crippen LogP contribution in [0, 0.1) is 5.92 Å². The molecule has 0 N–H and O–H groups in total. The van der Waals surface area contributed by atoms with E-state index < -0.39 is 17.0 Å². The molecule has 0 spiro atoms. The molecule has 0 aromatic carbocycles. The molecule has 0 fully saturated rings. The zero-order chi connectivity index (χ0) is 8.85. The van der Waals surface area contributed by atoms with Crippen molar-refractivity contribution < 1.29 is 17.0 Å². The van der Waals surface area contributed by atoms with Gasteiger partial charge in [-0.25, -0.2) is 0 Å². The number of hydrogen-bond donors (Lipinski definition) is 0. The van der Waals surface area contributed by atoms with Crippen LogP contribution < -0.4 is 0 Å². The van der Waals surface area contributed by atoms with Gasteiger partial charge in [0, 0.05) is 0 Å². The maximum absolute atomic E-state index is 4.89. The van der Waals surface area contributed by atoms with Crippen molar-refractivity contribution in [3.8, 4) is 0 Å². The molecule has 0 amide bonds. The van der Waals surface area contributed by atoms with E-state index in [1.807, 2.05) is 0 Å². The Kier molecular flexibility index (Phi) is 6.75. The van der Waals surface area contributed by atoms with Crippen molar-refractivity contribution in [2.24, 2.45) is 5.92 Å². The van der Waals surface area contributed by atoms with Crippen LogP contribution in [0.1, 0.15) is 20.8 Å². The first kappa shape index (κ1) is 11.8. The Morgan fingerprint density at radius 3 is 1.91 bits per heavy atom. The first-order chi connectivity index (χ1) is 5.11. The molecule has 0 heterocycles. The SMILES string of the molecule is CC1=CC(C)C(C)=C1.[Cl][Ti][Cl]. The summed E-state index contributed by atoms with van der Waals surface area (Å²) in [6.07, 6.45) is 4.53. The van der Waals surface area contributed by atoms with Crippen LogP contribution in [0.2, 0.25) is 0 Å². The third-order valence-electron chi connectivity index (χ3n) is 1.69. The molecule has 1 atom stereocenters. The van der Waals surface area contributed by atoms with E-state index >= 15 is 0 Å². The zero-order valence-corrected chi connectivity index (χ0v) is 10.1. The van der Waals surface area contributed by atoms with Crippen LogP contribution in [0.15, 0.2) is 23.3 Å². The Labute approximate surface area is 85.3 Å². The molecule has 62 valence electrons. The second-order valence-corrected chi connectivity index (χ2v) is 5.24. The van der Waals surface area contributed by atoms with E-state index in [2.05, 4.69) is 32.9 Å². The average Bonchev–Trinajstić information content (AvgIpc) is 2.12. The molecule has 0 saturated heterocycles. The van der Waals surface area contributed by atoms with E-state index in [1.165, 1.54) is 11.1 Å². The minimum absolute atomic E-state index is 0.556. The molecule has 1 unspecified atom stereocenters. The quantitative estimate of drug-likeness (QED) is 0.550. The Balaban J connectivity index is 0.000000292. The molecule has 0 radical (unpaired) electrons. The van der Waals surface area contributed by atoms with Crippen molar-refractivity contribution in [1.29, 1.82) is 0 Å². The fraction of sp³-hybridized carbons (Fsp3) is 0.500. The molecule has 0 bridgehead atoms. The predicted molar refractivity (Wildman–Crippen MR) is 48.4 cm³/mol. The van der Waals surface area contributed by atoms with Gasteiger partial charge in [-0.3, -0.25) is 0 Å². The van der Waals surface area contributed by atoms with Crippen molar-refractivity contribution in [1.82, 2.24) is 0 Å². The number of hydrogen-bond acceptors (Lipinski definition) is 0. The van der Waals surface area contributed by atoms with Gasteiger partial charge >= 0.3 is 35.6 Å². The summed E-state index contributed by atoms with van der Waals surface area (Å²) in [6, 6.07) is 0. The summed E-state index contributed by atoms with van der Waals surface area (Å²) in [4.78, 5) is 0. The standard InChI is InChI=1S/C8H12.2ClH.Ti/c1-6-4-7(2)8(3)5-6;;;/h4-5,7H,1-3H3;2*1H;/q;;;+2/p-2. The van der Waals surface area contributed by atoms with Gasteiger partial charge in [0.15, 0.2) is 0 Å². The minimum atomic E-state index is -0.556. The Morgan fingerprint density at radius 2 is 1.82 bits per heavy atom. The monoisotopic (exact) mass is 226 g/mol. The first-order valence-electron chi connectivity index (χ1n) is 3.44. The van der Waals surface area contributed by atoms with Gasteiger partial charge < -0.3 is 0 Å². The Morgan fingerprint density at radius 1 is 1.36 bits per heavy atom. The number of allylic oxidation sites excluding steroid dienone is 4. The van der Waals surface area contributed by atoms with Crippen LogP contribution in [-0.2, 0) is 17.0 Å². The van der Waals surface area contributed by atoms with Crippen molar-refractivity contribution in [2.75, 3.05) is 0 Å². The van der Waals surface area contributed by atoms with Crippen LogP contribution in [0.25, 0.3) is 0 Å². The van der Waals surface area contributed by atoms with Gasteiger partial charge in [-0.2, -0.15) is 0 Å². The van der Waals surface area contributed by atoms with Crippen molar-refractivity contribution >= 4 is 18.6 Å². The van der Waals surface area contributed by atoms with Gasteiger partial charge in [0.05, 0.1) is 0 Å². The second-order valence-electron chi connectivity index (χ2n) is 2.66. The van der Waals surface area contributed by atoms with Crippen LogP contribution in [0.3, 0.4) is 0 Å². The molecule has 11 heavy (non-hydrogen) atoms. The fourth-order valence-corrected chi connectivity index (χ4v) is 1.06. The molecule has 0 saturated carbocycles. The summed E-state index contributed by atoms with van der Waals surface area (Å²) in [5, 5.41) is 0. The average molecular weight is 227 g/mol. The number of rotatable bonds is 0. The number of halogens is 2. The van der Waals surface area contributed by atoms with E-state index in [1.54, 1.807) is 0 Å². The molecule has 0 aromatic rings. The Hall–Kier alpha value is 0.774. The van der Waals surface area contributed by atoms with E-state index in [-0.39, 0.29) is 0 Å². The summed E-state index contributed by atoms with van der Waals surface area (Å²) in [6.45, 7) is 6.55. The van der Waals surface area contributed by atoms with Crippen molar-refractivity contribution in [3.05, 3.63) is 23.3 Å². The van der Waals surface area contributed by atoms with E-state index in [4.69, 9.17) is 18.6 Å². The second kappa shape index (κ2) is 6.31. The van der Waals surface area contributed by atoms with Gasteiger partial charge in [-0.1, -0.05) is 30.2 Å². The van der Waals surface area contributed by atoms with Gasteiger partial charge in [-0.15, -0.1) is 0 Å². The molecule has 1 aliphatic carbocycles. The van der Waals surface area contributed by atoms with Crippen LogP contribution in [0.5, 0.6) is 0 Å². The summed E-state index contributed by atoms with van der Waals surface area (Å²) in [7, 11) is 9.78. The van der Waals surface area contributed by atoms with E-state index in [0.717, 1.165) is 0 Å². The molecule has 0 aromatic heterocycles. The third kappa shape index (κ3) is 5.08. The molecule has 0 nitrogen and oxygen atoms in total. The predicted octanol–water partition coefficient (Wildman–Crippen LogP) is 3.91. The maximum atomic E-state index is 4.89. The van der Waals surface area contributed by atoms with Gasteiger partial charge in [-0.05, 0) is 19.8 Å². The Bertz CT molecular complexity index is 173. The molecular weight excluding hydrogens is 215 g/mol. The summed E-state index contributed by atoms with van der Waals surface area (Å²) >= 11 is -0.556. The van der Waals surface area contributed by atoms with Crippen molar-refractivity contribution in [3.63, 3.8) is 0 Å². The van der Waals surface area contributed by atoms with Crippen LogP contribution >= 0.6 is 18.6 Å². The molecule has 0 aliphatic heterocycles. The van der Waals surface area contributed by atoms with Crippen molar-refractivity contribution in [2.45, 2.75) is 20.8 Å². The summed E-state index contributed by atoms with van der Waals surface area (Å²) in [5.41, 5.74) is 2.90. The van der Waals surface area contributed by atoms with E-state index in [9.17, 15) is 0 Å². The molecule has 1 rings (SSSR count). The summed E-state index contributed by atoms with van der Waals surface area (Å²) < 4.78 is 0. The molecule has 1 aliphatic rings.